The van der Waals surface area contributed by atoms with Gasteiger partial charge in [-0.25, -0.2) is 8.42 Å². The van der Waals surface area contributed by atoms with Gasteiger partial charge in [-0.1, -0.05) is 18.2 Å². The molecule has 29 heavy (non-hydrogen) atoms. The summed E-state index contributed by atoms with van der Waals surface area (Å²) >= 11 is 0. The molecule has 0 unspecified atom stereocenters. The van der Waals surface area contributed by atoms with Crippen molar-refractivity contribution < 1.29 is 22.7 Å². The smallest absolute Gasteiger partial charge is 0.264 e. The lowest BCUT2D eigenvalue weighted by Gasteiger charge is -2.26. The number of hydrogen-bond donors (Lipinski definition) is 0. The number of benzene rings is 2. The average molecular weight is 416 g/mol. The lowest BCUT2D eigenvalue weighted by molar-refractivity contribution is -0.137. The lowest BCUT2D eigenvalue weighted by Crippen LogP contribution is -2.43. The minimum absolute atomic E-state index is 0.0769. The van der Waals surface area contributed by atoms with Crippen molar-refractivity contribution in [2.45, 2.75) is 18.2 Å². The molecule has 0 N–H and O–H groups in total. The number of carbonyl (C=O) groups is 1. The molecule has 1 fully saturated rings. The van der Waals surface area contributed by atoms with Crippen LogP contribution in [0.15, 0.2) is 47.4 Å². The van der Waals surface area contributed by atoms with Gasteiger partial charge in [0.1, 0.15) is 5.75 Å². The van der Waals surface area contributed by atoms with Gasteiger partial charge in [0.2, 0.25) is 0 Å². The molecule has 7 nitrogen and oxygen atoms in total. The van der Waals surface area contributed by atoms with Crippen LogP contribution in [0.2, 0.25) is 0 Å². The van der Waals surface area contributed by atoms with Crippen LogP contribution in [0.3, 0.4) is 0 Å². The minimum Gasteiger partial charge on any atom is -0.483 e. The van der Waals surface area contributed by atoms with E-state index in [1.807, 2.05) is 24.3 Å². The summed E-state index contributed by atoms with van der Waals surface area (Å²) in [6.07, 6.45) is 0.708. The zero-order valence-electron chi connectivity index (χ0n) is 16.3. The molecule has 0 radical (unpaired) electrons. The van der Waals surface area contributed by atoms with Gasteiger partial charge >= 0.3 is 0 Å². The molecule has 4 rings (SSSR count). The monoisotopic (exact) mass is 416 g/mol. The third kappa shape index (κ3) is 3.95. The van der Waals surface area contributed by atoms with E-state index in [-0.39, 0.29) is 17.4 Å². The van der Waals surface area contributed by atoms with Crippen molar-refractivity contribution in [3.05, 3.63) is 53.6 Å². The van der Waals surface area contributed by atoms with E-state index in [1.54, 1.807) is 24.0 Å². The highest BCUT2D eigenvalue weighted by Crippen LogP contribution is 2.33. The molecule has 0 saturated carbocycles. The Kier molecular flexibility index (Phi) is 5.47. The second-order valence-electron chi connectivity index (χ2n) is 7.17. The highest BCUT2D eigenvalue weighted by atomic mass is 32.2. The second kappa shape index (κ2) is 8.04. The molecule has 2 heterocycles. The molecule has 0 spiro atoms. The van der Waals surface area contributed by atoms with E-state index in [4.69, 9.17) is 9.47 Å². The largest absolute Gasteiger partial charge is 0.483 e. The van der Waals surface area contributed by atoms with Crippen LogP contribution in [0, 0.1) is 6.92 Å². The van der Waals surface area contributed by atoms with Gasteiger partial charge in [0.15, 0.2) is 6.61 Å². The molecule has 0 bridgehead atoms. The first-order chi connectivity index (χ1) is 14.0. The molecule has 2 aromatic carbocycles. The van der Waals surface area contributed by atoms with Crippen molar-refractivity contribution in [2.24, 2.45) is 0 Å². The summed E-state index contributed by atoms with van der Waals surface area (Å²) in [5.74, 6) is 0.408. The number of anilines is 1. The Bertz CT molecular complexity index is 1020. The number of para-hydroxylation sites is 1. The number of aryl methyl sites for hydroxylation is 1. The summed E-state index contributed by atoms with van der Waals surface area (Å²) in [6.45, 7) is 4.35. The SMILES string of the molecule is Cc1cc(S(=O)(=O)N2CCc3ccccc32)ccc1OCC(=O)N1CCOCC1. The molecule has 0 aliphatic carbocycles. The van der Waals surface area contributed by atoms with E-state index < -0.39 is 10.0 Å². The van der Waals surface area contributed by atoms with Gasteiger partial charge in [0.05, 0.1) is 23.8 Å². The fraction of sp³-hybridized carbons (Fsp3) is 0.381. The quantitative estimate of drug-likeness (QED) is 0.745. The maximum Gasteiger partial charge on any atom is 0.264 e. The van der Waals surface area contributed by atoms with Gasteiger partial charge in [-0.3, -0.25) is 9.10 Å². The fourth-order valence-corrected chi connectivity index (χ4v) is 5.26. The van der Waals surface area contributed by atoms with Gasteiger partial charge in [-0.2, -0.15) is 0 Å². The molecule has 0 aromatic heterocycles. The standard InChI is InChI=1S/C21H24N2O5S/c1-16-14-18(29(25,26)23-9-8-17-4-2-3-5-19(17)23)6-7-20(16)28-15-21(24)22-10-12-27-13-11-22/h2-7,14H,8-13,15H2,1H3. The van der Waals surface area contributed by atoms with Crippen molar-refractivity contribution in [3.8, 4) is 5.75 Å². The van der Waals surface area contributed by atoms with Crippen LogP contribution in [0.1, 0.15) is 11.1 Å². The number of carbonyl (C=O) groups excluding carboxylic acids is 1. The first kappa shape index (κ1) is 19.7. The number of hydrogen-bond acceptors (Lipinski definition) is 5. The first-order valence-corrected chi connectivity index (χ1v) is 11.1. The number of amides is 1. The van der Waals surface area contributed by atoms with E-state index in [1.165, 1.54) is 10.4 Å². The van der Waals surface area contributed by atoms with Gasteiger partial charge in [-0.05, 0) is 48.7 Å². The predicted octanol–water partition coefficient (Wildman–Crippen LogP) is 1.98. The van der Waals surface area contributed by atoms with Crippen LogP contribution in [-0.4, -0.2) is 58.7 Å². The third-order valence-corrected chi connectivity index (χ3v) is 7.10. The number of morpholine rings is 1. The Morgan fingerprint density at radius 1 is 1.10 bits per heavy atom. The maximum absolute atomic E-state index is 13.1. The van der Waals surface area contributed by atoms with Crippen molar-refractivity contribution in [1.29, 1.82) is 0 Å². The van der Waals surface area contributed by atoms with E-state index in [0.717, 1.165) is 11.3 Å². The van der Waals surface area contributed by atoms with Gasteiger partial charge < -0.3 is 14.4 Å². The molecule has 154 valence electrons. The summed E-state index contributed by atoms with van der Waals surface area (Å²) < 4.78 is 38.7. The van der Waals surface area contributed by atoms with E-state index >= 15 is 0 Å². The minimum atomic E-state index is -3.65. The van der Waals surface area contributed by atoms with Gasteiger partial charge in [0.25, 0.3) is 15.9 Å². The molecule has 2 aromatic rings. The molecule has 0 atom stereocenters. The molecular weight excluding hydrogens is 392 g/mol. The van der Waals surface area contributed by atoms with Crippen LogP contribution >= 0.6 is 0 Å². The fourth-order valence-electron chi connectivity index (χ4n) is 3.67. The first-order valence-electron chi connectivity index (χ1n) is 9.66. The summed E-state index contributed by atoms with van der Waals surface area (Å²) in [4.78, 5) is 14.2. The molecule has 1 saturated heterocycles. The third-order valence-electron chi connectivity index (χ3n) is 5.29. The number of nitrogens with zero attached hydrogens (tertiary/aromatic N) is 2. The Morgan fingerprint density at radius 2 is 1.86 bits per heavy atom. The summed E-state index contributed by atoms with van der Waals surface area (Å²) in [7, 11) is -3.65. The number of sulfonamides is 1. The molecule has 8 heteroatoms. The number of ether oxygens (including phenoxy) is 2. The molecule has 2 aliphatic rings. The van der Waals surface area contributed by atoms with Crippen LogP contribution in [-0.2, 0) is 26.0 Å². The lowest BCUT2D eigenvalue weighted by atomic mass is 10.2. The van der Waals surface area contributed by atoms with Crippen LogP contribution < -0.4 is 9.04 Å². The molecule has 2 aliphatic heterocycles. The Balaban J connectivity index is 1.48. The van der Waals surface area contributed by atoms with Crippen molar-refractivity contribution in [2.75, 3.05) is 43.8 Å². The van der Waals surface area contributed by atoms with Gasteiger partial charge in [0, 0.05) is 19.6 Å². The van der Waals surface area contributed by atoms with Crippen LogP contribution in [0.5, 0.6) is 5.75 Å². The van der Waals surface area contributed by atoms with Crippen LogP contribution in [0.4, 0.5) is 5.69 Å². The molecule has 1 amide bonds. The zero-order valence-corrected chi connectivity index (χ0v) is 17.2. The summed E-state index contributed by atoms with van der Waals surface area (Å²) in [5.41, 5.74) is 2.45. The topological polar surface area (TPSA) is 76.2 Å². The second-order valence-corrected chi connectivity index (χ2v) is 9.03. The van der Waals surface area contributed by atoms with Gasteiger partial charge in [-0.15, -0.1) is 0 Å². The number of rotatable bonds is 5. The van der Waals surface area contributed by atoms with Crippen molar-refractivity contribution in [3.63, 3.8) is 0 Å². The summed E-state index contributed by atoms with van der Waals surface area (Å²) in [5, 5.41) is 0. The van der Waals surface area contributed by atoms with E-state index in [9.17, 15) is 13.2 Å². The Hall–Kier alpha value is -2.58. The predicted molar refractivity (Wildman–Crippen MR) is 109 cm³/mol. The highest BCUT2D eigenvalue weighted by molar-refractivity contribution is 7.92. The summed E-state index contributed by atoms with van der Waals surface area (Å²) in [6, 6.07) is 12.3. The van der Waals surface area contributed by atoms with Crippen molar-refractivity contribution >= 4 is 21.6 Å². The number of fused-ring (bicyclic) bond motifs is 1. The van der Waals surface area contributed by atoms with Crippen molar-refractivity contribution in [1.82, 2.24) is 4.90 Å². The van der Waals surface area contributed by atoms with E-state index in [0.29, 0.717) is 50.6 Å². The Labute approximate surface area is 170 Å². The molecular formula is C21H24N2O5S. The van der Waals surface area contributed by atoms with Crippen LogP contribution in [0.25, 0.3) is 0 Å². The normalized spacial score (nSPS) is 16.6. The average Bonchev–Trinajstić information content (AvgIpc) is 3.18. The maximum atomic E-state index is 13.1. The highest BCUT2D eigenvalue weighted by Gasteiger charge is 2.31. The zero-order chi connectivity index (χ0) is 20.4. The Morgan fingerprint density at radius 3 is 2.62 bits per heavy atom. The van der Waals surface area contributed by atoms with E-state index in [2.05, 4.69) is 0 Å².